The van der Waals surface area contributed by atoms with Crippen LogP contribution in [0.5, 0.6) is 0 Å². The summed E-state index contributed by atoms with van der Waals surface area (Å²) in [4.78, 5) is 45.0. The number of benzene rings is 1. The van der Waals surface area contributed by atoms with Gasteiger partial charge in [-0.15, -0.1) is 0 Å². The molecule has 1 rings (SSSR count). The van der Waals surface area contributed by atoms with E-state index in [1.165, 1.54) is 32.2 Å². The number of carbonyl (C=O) groups is 3. The number of ether oxygens (including phenoxy) is 1. The Bertz CT molecular complexity index is 647. The number of esters is 1. The molecule has 0 saturated heterocycles. The summed E-state index contributed by atoms with van der Waals surface area (Å²) >= 11 is 0. The number of amides is 2. The van der Waals surface area contributed by atoms with Gasteiger partial charge in [0.05, 0.1) is 12.0 Å². The molecule has 0 radical (unpaired) electrons. The fourth-order valence-electron chi connectivity index (χ4n) is 1.97. The molecule has 1 aromatic carbocycles. The minimum atomic E-state index is -0.799. The van der Waals surface area contributed by atoms with E-state index in [0.717, 1.165) is 6.07 Å². The number of nitrogens with one attached hydrogen (secondary N) is 2. The third-order valence-electron chi connectivity index (χ3n) is 3.39. The van der Waals surface area contributed by atoms with Crippen molar-refractivity contribution in [3.8, 4) is 0 Å². The average molecular weight is 351 g/mol. The summed E-state index contributed by atoms with van der Waals surface area (Å²) in [5.74, 6) is -1.25. The van der Waals surface area contributed by atoms with Gasteiger partial charge in [-0.05, 0) is 25.8 Å². The van der Waals surface area contributed by atoms with Crippen LogP contribution in [-0.2, 0) is 14.3 Å². The first-order chi connectivity index (χ1) is 11.8. The van der Waals surface area contributed by atoms with E-state index in [1.807, 2.05) is 0 Å². The summed E-state index contributed by atoms with van der Waals surface area (Å²) in [6, 6.07) is 4.46. The molecular formula is C16H21N3O6. The second kappa shape index (κ2) is 10.0. The number of rotatable bonds is 9. The molecule has 9 heteroatoms. The maximum absolute atomic E-state index is 12.1. The molecule has 2 amide bonds. The van der Waals surface area contributed by atoms with Gasteiger partial charge in [-0.2, -0.15) is 0 Å². The molecule has 0 spiro atoms. The highest BCUT2D eigenvalue weighted by atomic mass is 16.6. The number of methoxy groups -OCH3 is 1. The molecule has 0 fully saturated rings. The number of hydrogen-bond donors (Lipinski definition) is 2. The molecule has 1 atom stereocenters. The van der Waals surface area contributed by atoms with Crippen LogP contribution in [0.4, 0.5) is 5.69 Å². The Morgan fingerprint density at radius 1 is 1.28 bits per heavy atom. The predicted octanol–water partition coefficient (Wildman–Crippen LogP) is 1.17. The summed E-state index contributed by atoms with van der Waals surface area (Å²) in [6.07, 6.45) is 1.47. The first kappa shape index (κ1) is 20.1. The molecule has 0 aromatic heterocycles. The second-order valence-corrected chi connectivity index (χ2v) is 5.33. The van der Waals surface area contributed by atoms with E-state index in [4.69, 9.17) is 0 Å². The maximum Gasteiger partial charge on any atom is 0.305 e. The zero-order valence-electron chi connectivity index (χ0n) is 14.1. The van der Waals surface area contributed by atoms with Crippen LogP contribution in [0.15, 0.2) is 24.3 Å². The fourth-order valence-corrected chi connectivity index (χ4v) is 1.97. The Hall–Kier alpha value is -2.97. The van der Waals surface area contributed by atoms with Crippen molar-refractivity contribution < 1.29 is 24.0 Å². The third kappa shape index (κ3) is 6.98. The summed E-state index contributed by atoms with van der Waals surface area (Å²) in [6.45, 7) is 1.88. The highest BCUT2D eigenvalue weighted by molar-refractivity contribution is 5.97. The number of nitro benzene ring substituents is 1. The van der Waals surface area contributed by atoms with Gasteiger partial charge in [0.25, 0.3) is 11.6 Å². The zero-order chi connectivity index (χ0) is 18.8. The van der Waals surface area contributed by atoms with E-state index < -0.39 is 16.9 Å². The zero-order valence-corrected chi connectivity index (χ0v) is 14.1. The lowest BCUT2D eigenvalue weighted by Crippen LogP contribution is -2.45. The van der Waals surface area contributed by atoms with Crippen LogP contribution >= 0.6 is 0 Å². The molecule has 2 N–H and O–H groups in total. The molecular weight excluding hydrogens is 330 g/mol. The normalized spacial score (nSPS) is 11.3. The maximum atomic E-state index is 12.1. The monoisotopic (exact) mass is 351 g/mol. The Morgan fingerprint density at radius 3 is 2.64 bits per heavy atom. The standard InChI is InChI=1S/C16H21N3O6/c1-11(15(21)17-9-4-3-8-14(20)25-2)18-16(22)12-6-5-7-13(10-12)19(23)24/h5-7,10-11H,3-4,8-9H2,1-2H3,(H,17,21)(H,18,22). The van der Waals surface area contributed by atoms with Crippen molar-refractivity contribution in [2.75, 3.05) is 13.7 Å². The molecule has 1 unspecified atom stereocenters. The van der Waals surface area contributed by atoms with E-state index in [9.17, 15) is 24.5 Å². The summed E-state index contributed by atoms with van der Waals surface area (Å²) in [5, 5.41) is 15.8. The van der Waals surface area contributed by atoms with Crippen molar-refractivity contribution in [2.24, 2.45) is 0 Å². The molecule has 1 aromatic rings. The van der Waals surface area contributed by atoms with Crippen LogP contribution in [0.3, 0.4) is 0 Å². The van der Waals surface area contributed by atoms with E-state index in [2.05, 4.69) is 15.4 Å². The van der Waals surface area contributed by atoms with Crippen molar-refractivity contribution in [1.29, 1.82) is 0 Å². The lowest BCUT2D eigenvalue weighted by atomic mass is 10.1. The highest BCUT2D eigenvalue weighted by Gasteiger charge is 2.17. The van der Waals surface area contributed by atoms with Crippen molar-refractivity contribution in [3.63, 3.8) is 0 Å². The Balaban J connectivity index is 2.41. The smallest absolute Gasteiger partial charge is 0.305 e. The van der Waals surface area contributed by atoms with Crippen molar-refractivity contribution in [2.45, 2.75) is 32.2 Å². The first-order valence-corrected chi connectivity index (χ1v) is 7.75. The summed E-state index contributed by atoms with van der Waals surface area (Å²) < 4.78 is 4.51. The Kier molecular flexibility index (Phi) is 8.04. The van der Waals surface area contributed by atoms with Crippen LogP contribution < -0.4 is 10.6 Å². The second-order valence-electron chi connectivity index (χ2n) is 5.33. The van der Waals surface area contributed by atoms with Crippen molar-refractivity contribution in [1.82, 2.24) is 10.6 Å². The summed E-state index contributed by atoms with van der Waals surface area (Å²) in [5.41, 5.74) is -0.0951. The number of unbranched alkanes of at least 4 members (excludes halogenated alkanes) is 1. The van der Waals surface area contributed by atoms with Gasteiger partial charge in [0.1, 0.15) is 6.04 Å². The Labute approximate surface area is 144 Å². The van der Waals surface area contributed by atoms with Gasteiger partial charge in [0, 0.05) is 30.7 Å². The van der Waals surface area contributed by atoms with E-state index in [-0.39, 0.29) is 29.5 Å². The van der Waals surface area contributed by atoms with Gasteiger partial charge < -0.3 is 15.4 Å². The largest absolute Gasteiger partial charge is 0.469 e. The minimum Gasteiger partial charge on any atom is -0.469 e. The van der Waals surface area contributed by atoms with E-state index in [0.29, 0.717) is 19.4 Å². The van der Waals surface area contributed by atoms with Gasteiger partial charge in [-0.25, -0.2) is 0 Å². The Morgan fingerprint density at radius 2 is 2.00 bits per heavy atom. The third-order valence-corrected chi connectivity index (χ3v) is 3.39. The van der Waals surface area contributed by atoms with Gasteiger partial charge in [-0.1, -0.05) is 6.07 Å². The first-order valence-electron chi connectivity index (χ1n) is 7.75. The van der Waals surface area contributed by atoms with Crippen LogP contribution in [-0.4, -0.2) is 42.4 Å². The fraction of sp³-hybridized carbons (Fsp3) is 0.438. The van der Waals surface area contributed by atoms with Gasteiger partial charge in [0.15, 0.2) is 0 Å². The van der Waals surface area contributed by atoms with E-state index in [1.54, 1.807) is 0 Å². The number of nitro groups is 1. The molecule has 0 saturated carbocycles. The van der Waals surface area contributed by atoms with Crippen LogP contribution in [0, 0.1) is 10.1 Å². The lowest BCUT2D eigenvalue weighted by molar-refractivity contribution is -0.384. The average Bonchev–Trinajstić information content (AvgIpc) is 2.60. The van der Waals surface area contributed by atoms with Gasteiger partial charge in [0.2, 0.25) is 5.91 Å². The molecule has 25 heavy (non-hydrogen) atoms. The number of hydrogen-bond acceptors (Lipinski definition) is 6. The molecule has 0 aliphatic rings. The topological polar surface area (TPSA) is 128 Å². The minimum absolute atomic E-state index is 0.104. The number of nitrogens with zero attached hydrogens (tertiary/aromatic N) is 1. The molecule has 9 nitrogen and oxygen atoms in total. The van der Waals surface area contributed by atoms with Gasteiger partial charge in [-0.3, -0.25) is 24.5 Å². The number of carbonyl (C=O) groups excluding carboxylic acids is 3. The van der Waals surface area contributed by atoms with E-state index >= 15 is 0 Å². The van der Waals surface area contributed by atoms with Crippen molar-refractivity contribution in [3.05, 3.63) is 39.9 Å². The SMILES string of the molecule is COC(=O)CCCCNC(=O)C(C)NC(=O)c1cccc([N+](=O)[O-])c1. The molecule has 136 valence electrons. The quantitative estimate of drug-likeness (QED) is 0.297. The van der Waals surface area contributed by atoms with Gasteiger partial charge >= 0.3 is 5.97 Å². The molecule has 0 heterocycles. The van der Waals surface area contributed by atoms with Crippen LogP contribution in [0.25, 0.3) is 0 Å². The molecule has 0 aliphatic heterocycles. The lowest BCUT2D eigenvalue weighted by Gasteiger charge is -2.14. The highest BCUT2D eigenvalue weighted by Crippen LogP contribution is 2.13. The van der Waals surface area contributed by atoms with Crippen LogP contribution in [0.2, 0.25) is 0 Å². The van der Waals surface area contributed by atoms with Crippen molar-refractivity contribution >= 4 is 23.5 Å². The molecule has 0 bridgehead atoms. The van der Waals surface area contributed by atoms with Crippen LogP contribution in [0.1, 0.15) is 36.5 Å². The summed E-state index contributed by atoms with van der Waals surface area (Å²) in [7, 11) is 1.32. The predicted molar refractivity (Wildman–Crippen MR) is 88.9 cm³/mol. The molecule has 0 aliphatic carbocycles. The number of non-ortho nitro benzene ring substituents is 1.